The minimum atomic E-state index is -3.04. The van der Waals surface area contributed by atoms with E-state index in [-0.39, 0.29) is 0 Å². The van der Waals surface area contributed by atoms with Crippen LogP contribution in [0.3, 0.4) is 0 Å². The van der Waals surface area contributed by atoms with Crippen molar-refractivity contribution in [2.45, 2.75) is 39.3 Å². The zero-order valence-electron chi connectivity index (χ0n) is 11.7. The van der Waals surface area contributed by atoms with E-state index in [0.29, 0.717) is 13.2 Å². The van der Waals surface area contributed by atoms with Crippen molar-refractivity contribution in [2.24, 2.45) is 0 Å². The first-order valence-corrected chi connectivity index (χ1v) is 7.86. The molecule has 1 rings (SSSR count). The predicted molar refractivity (Wildman–Crippen MR) is 75.1 cm³/mol. The Morgan fingerprint density at radius 2 is 1.72 bits per heavy atom. The standard InChI is InChI=1S/C14H23O3P/c1-5-16-18(15,14(2,3)4)17-12-11-13-9-7-6-8-10-13/h6-10H,5,11-12H2,1-4H3. The number of rotatable bonds is 6. The third-order valence-electron chi connectivity index (χ3n) is 2.62. The maximum Gasteiger partial charge on any atom is 0.335 e. The molecule has 0 aromatic heterocycles. The maximum atomic E-state index is 12.6. The highest BCUT2D eigenvalue weighted by Crippen LogP contribution is 2.59. The Morgan fingerprint density at radius 1 is 1.11 bits per heavy atom. The van der Waals surface area contributed by atoms with E-state index in [2.05, 4.69) is 0 Å². The normalized spacial score (nSPS) is 15.3. The summed E-state index contributed by atoms with van der Waals surface area (Å²) in [4.78, 5) is 0. The summed E-state index contributed by atoms with van der Waals surface area (Å²) in [6, 6.07) is 10.0. The van der Waals surface area contributed by atoms with Crippen molar-refractivity contribution < 1.29 is 13.6 Å². The molecular weight excluding hydrogens is 247 g/mol. The molecule has 102 valence electrons. The Morgan fingerprint density at radius 3 is 2.22 bits per heavy atom. The third-order valence-corrected chi connectivity index (χ3v) is 5.38. The van der Waals surface area contributed by atoms with Crippen LogP contribution in [0.4, 0.5) is 0 Å². The Hall–Kier alpha value is -0.630. The summed E-state index contributed by atoms with van der Waals surface area (Å²) in [6.07, 6.45) is 0.744. The van der Waals surface area contributed by atoms with Crippen molar-refractivity contribution >= 4 is 7.60 Å². The molecule has 0 N–H and O–H groups in total. The smallest absolute Gasteiger partial charge is 0.309 e. The Kier molecular flexibility index (Phi) is 5.58. The van der Waals surface area contributed by atoms with Gasteiger partial charge < -0.3 is 9.05 Å². The van der Waals surface area contributed by atoms with Gasteiger partial charge in [0.15, 0.2) is 0 Å². The first kappa shape index (κ1) is 15.4. The summed E-state index contributed by atoms with van der Waals surface area (Å²) >= 11 is 0. The lowest BCUT2D eigenvalue weighted by atomic mass is 10.2. The fourth-order valence-corrected chi connectivity index (χ4v) is 3.04. The second-order valence-corrected chi connectivity index (χ2v) is 8.01. The fourth-order valence-electron chi connectivity index (χ4n) is 1.52. The Balaban J connectivity index is 2.57. The van der Waals surface area contributed by atoms with Gasteiger partial charge in [0.25, 0.3) is 0 Å². The van der Waals surface area contributed by atoms with Crippen LogP contribution in [-0.2, 0) is 20.0 Å². The van der Waals surface area contributed by atoms with E-state index in [0.717, 1.165) is 6.42 Å². The Labute approximate surface area is 110 Å². The lowest BCUT2D eigenvalue weighted by Crippen LogP contribution is -2.19. The first-order valence-electron chi connectivity index (χ1n) is 6.32. The van der Waals surface area contributed by atoms with Gasteiger partial charge in [0.05, 0.1) is 18.4 Å². The van der Waals surface area contributed by atoms with Gasteiger partial charge in [-0.05, 0) is 39.7 Å². The topological polar surface area (TPSA) is 35.5 Å². The summed E-state index contributed by atoms with van der Waals surface area (Å²) in [5.74, 6) is 0. The molecule has 0 aliphatic rings. The van der Waals surface area contributed by atoms with Crippen LogP contribution in [0, 0.1) is 0 Å². The molecule has 1 atom stereocenters. The molecule has 1 aromatic rings. The minimum absolute atomic E-state index is 0.403. The molecule has 0 saturated heterocycles. The molecule has 0 aliphatic heterocycles. The van der Waals surface area contributed by atoms with Crippen molar-refractivity contribution in [3.8, 4) is 0 Å². The van der Waals surface area contributed by atoms with E-state index < -0.39 is 12.8 Å². The van der Waals surface area contributed by atoms with Crippen LogP contribution in [0.5, 0.6) is 0 Å². The van der Waals surface area contributed by atoms with Gasteiger partial charge in [-0.15, -0.1) is 0 Å². The van der Waals surface area contributed by atoms with Crippen LogP contribution >= 0.6 is 7.60 Å². The van der Waals surface area contributed by atoms with Gasteiger partial charge >= 0.3 is 7.60 Å². The summed E-state index contributed by atoms with van der Waals surface area (Å²) in [5.41, 5.74) is 1.18. The summed E-state index contributed by atoms with van der Waals surface area (Å²) in [7, 11) is -3.04. The Bertz CT molecular complexity index is 395. The van der Waals surface area contributed by atoms with Crippen LogP contribution < -0.4 is 0 Å². The molecule has 0 amide bonds. The zero-order valence-corrected chi connectivity index (χ0v) is 12.6. The SMILES string of the molecule is CCOP(=O)(OCCc1ccccc1)C(C)(C)C. The highest BCUT2D eigenvalue weighted by Gasteiger charge is 2.39. The van der Waals surface area contributed by atoms with Crippen molar-refractivity contribution in [1.82, 2.24) is 0 Å². The van der Waals surface area contributed by atoms with E-state index in [1.54, 1.807) is 0 Å². The molecule has 0 bridgehead atoms. The van der Waals surface area contributed by atoms with Gasteiger partial charge in [0.1, 0.15) is 0 Å². The molecule has 0 heterocycles. The van der Waals surface area contributed by atoms with Crippen LogP contribution in [-0.4, -0.2) is 18.4 Å². The second-order valence-electron chi connectivity index (χ2n) is 5.15. The monoisotopic (exact) mass is 270 g/mol. The van der Waals surface area contributed by atoms with Gasteiger partial charge in [-0.25, -0.2) is 0 Å². The zero-order chi connectivity index (χ0) is 13.6. The van der Waals surface area contributed by atoms with Crippen molar-refractivity contribution in [3.05, 3.63) is 35.9 Å². The molecule has 1 aromatic carbocycles. The van der Waals surface area contributed by atoms with Gasteiger partial charge in [-0.1, -0.05) is 30.3 Å². The van der Waals surface area contributed by atoms with Gasteiger partial charge in [0, 0.05) is 0 Å². The van der Waals surface area contributed by atoms with Crippen molar-refractivity contribution in [1.29, 1.82) is 0 Å². The molecule has 0 saturated carbocycles. The molecule has 0 radical (unpaired) electrons. The average molecular weight is 270 g/mol. The van der Waals surface area contributed by atoms with E-state index in [9.17, 15) is 4.57 Å². The van der Waals surface area contributed by atoms with Crippen LogP contribution in [0.25, 0.3) is 0 Å². The minimum Gasteiger partial charge on any atom is -0.309 e. The molecule has 1 unspecified atom stereocenters. The molecule has 4 heteroatoms. The van der Waals surface area contributed by atoms with E-state index >= 15 is 0 Å². The number of hydrogen-bond donors (Lipinski definition) is 0. The quantitative estimate of drug-likeness (QED) is 0.724. The van der Waals surface area contributed by atoms with Crippen molar-refractivity contribution in [2.75, 3.05) is 13.2 Å². The molecule has 0 spiro atoms. The van der Waals surface area contributed by atoms with E-state index in [4.69, 9.17) is 9.05 Å². The van der Waals surface area contributed by atoms with Crippen LogP contribution in [0.1, 0.15) is 33.3 Å². The van der Waals surface area contributed by atoms with Crippen molar-refractivity contribution in [3.63, 3.8) is 0 Å². The lowest BCUT2D eigenvalue weighted by Gasteiger charge is -2.29. The maximum absolute atomic E-state index is 12.6. The largest absolute Gasteiger partial charge is 0.335 e. The van der Waals surface area contributed by atoms with Crippen LogP contribution in [0.2, 0.25) is 0 Å². The first-order chi connectivity index (χ1) is 8.39. The van der Waals surface area contributed by atoms with Crippen LogP contribution in [0.15, 0.2) is 30.3 Å². The molecule has 0 aliphatic carbocycles. The predicted octanol–water partition coefficient (Wildman–Crippen LogP) is 4.27. The third kappa shape index (κ3) is 4.24. The van der Waals surface area contributed by atoms with E-state index in [1.807, 2.05) is 58.0 Å². The second kappa shape index (κ2) is 6.51. The van der Waals surface area contributed by atoms with Gasteiger partial charge in [-0.3, -0.25) is 4.57 Å². The molecular formula is C14H23O3P. The van der Waals surface area contributed by atoms with Gasteiger partial charge in [0.2, 0.25) is 0 Å². The molecule has 0 fully saturated rings. The number of hydrogen-bond acceptors (Lipinski definition) is 3. The summed E-state index contributed by atoms with van der Waals surface area (Å²) < 4.78 is 23.5. The molecule has 3 nitrogen and oxygen atoms in total. The molecule has 18 heavy (non-hydrogen) atoms. The lowest BCUT2D eigenvalue weighted by molar-refractivity contribution is 0.197. The summed E-state index contributed by atoms with van der Waals surface area (Å²) in [5, 5.41) is -0.486. The van der Waals surface area contributed by atoms with E-state index in [1.165, 1.54) is 5.56 Å². The average Bonchev–Trinajstić information content (AvgIpc) is 2.29. The highest BCUT2D eigenvalue weighted by molar-refractivity contribution is 7.55. The fraction of sp³-hybridized carbons (Fsp3) is 0.571. The highest BCUT2D eigenvalue weighted by atomic mass is 31.2. The number of benzene rings is 1. The van der Waals surface area contributed by atoms with Gasteiger partial charge in [-0.2, -0.15) is 0 Å². The summed E-state index contributed by atoms with van der Waals surface area (Å²) in [6.45, 7) is 8.29.